The van der Waals surface area contributed by atoms with Gasteiger partial charge in [-0.2, -0.15) is 9.97 Å². The van der Waals surface area contributed by atoms with Crippen LogP contribution in [0.25, 0.3) is 28.0 Å². The summed E-state index contributed by atoms with van der Waals surface area (Å²) >= 11 is 6.10. The molecule has 2 aromatic carbocycles. The van der Waals surface area contributed by atoms with Crippen molar-refractivity contribution in [3.8, 4) is 16.9 Å². The first-order valence-corrected chi connectivity index (χ1v) is 8.26. The highest BCUT2D eigenvalue weighted by Crippen LogP contribution is 2.34. The number of anilines is 2. The number of aryl methyl sites for hydroxylation is 1. The van der Waals surface area contributed by atoms with Gasteiger partial charge in [0.15, 0.2) is 17.5 Å². The van der Waals surface area contributed by atoms with Crippen LogP contribution in [0.2, 0.25) is 5.02 Å². The number of halogens is 3. The topological polar surface area (TPSA) is 95.6 Å². The molecule has 0 unspecified atom stereocenters. The first kappa shape index (κ1) is 17.2. The Morgan fingerprint density at radius 3 is 2.48 bits per heavy atom. The number of hydrogen-bond acceptors (Lipinski definition) is 5. The van der Waals surface area contributed by atoms with Crippen molar-refractivity contribution in [3.63, 3.8) is 0 Å². The highest BCUT2D eigenvalue weighted by Gasteiger charge is 2.21. The summed E-state index contributed by atoms with van der Waals surface area (Å²) in [6.07, 6.45) is 0. The number of imidazole rings is 1. The molecule has 9 heteroatoms. The van der Waals surface area contributed by atoms with Crippen LogP contribution in [0.1, 0.15) is 5.82 Å². The van der Waals surface area contributed by atoms with E-state index in [4.69, 9.17) is 23.1 Å². The standard InChI is InChI=1S/C18H13ClF2N6/c1-8-24-13-6-11(20)12(21)7-14(13)27(8)17-15(16(22)25-18(23)26-17)9-3-2-4-10(19)5-9/h2-7H,1H3,(H4,22,23,25,26). The zero-order valence-electron chi connectivity index (χ0n) is 14.0. The van der Waals surface area contributed by atoms with Crippen LogP contribution in [-0.4, -0.2) is 19.5 Å². The third kappa shape index (κ3) is 2.83. The number of nitrogen functional groups attached to an aromatic ring is 2. The molecule has 4 N–H and O–H groups in total. The molecule has 136 valence electrons. The summed E-state index contributed by atoms with van der Waals surface area (Å²) in [5.41, 5.74) is 13.6. The van der Waals surface area contributed by atoms with E-state index in [0.29, 0.717) is 33.3 Å². The van der Waals surface area contributed by atoms with Crippen LogP contribution in [0.5, 0.6) is 0 Å². The smallest absolute Gasteiger partial charge is 0.224 e. The van der Waals surface area contributed by atoms with Crippen LogP contribution in [0.15, 0.2) is 36.4 Å². The third-order valence-electron chi connectivity index (χ3n) is 4.12. The Balaban J connectivity index is 2.10. The van der Waals surface area contributed by atoms with Gasteiger partial charge in [-0.15, -0.1) is 0 Å². The number of rotatable bonds is 2. The van der Waals surface area contributed by atoms with Gasteiger partial charge in [0, 0.05) is 17.2 Å². The predicted octanol–water partition coefficient (Wildman–Crippen LogP) is 3.89. The molecular weight excluding hydrogens is 374 g/mol. The van der Waals surface area contributed by atoms with Crippen LogP contribution in [0.4, 0.5) is 20.5 Å². The van der Waals surface area contributed by atoms with Crippen molar-refractivity contribution in [1.82, 2.24) is 19.5 Å². The Hall–Kier alpha value is -3.26. The molecule has 0 aliphatic carbocycles. The lowest BCUT2D eigenvalue weighted by Crippen LogP contribution is -2.10. The fourth-order valence-electron chi connectivity index (χ4n) is 3.03. The molecule has 6 nitrogen and oxygen atoms in total. The maximum absolute atomic E-state index is 13.9. The van der Waals surface area contributed by atoms with Crippen LogP contribution in [0, 0.1) is 18.6 Å². The van der Waals surface area contributed by atoms with Crippen molar-refractivity contribution in [1.29, 1.82) is 0 Å². The summed E-state index contributed by atoms with van der Waals surface area (Å²) in [4.78, 5) is 12.6. The highest BCUT2D eigenvalue weighted by atomic mass is 35.5. The van der Waals surface area contributed by atoms with E-state index in [1.807, 2.05) is 0 Å². The fraction of sp³-hybridized carbons (Fsp3) is 0.0556. The zero-order valence-corrected chi connectivity index (χ0v) is 14.8. The van der Waals surface area contributed by atoms with Crippen LogP contribution in [0.3, 0.4) is 0 Å². The highest BCUT2D eigenvalue weighted by molar-refractivity contribution is 6.30. The molecule has 0 atom stereocenters. The van der Waals surface area contributed by atoms with Gasteiger partial charge in [-0.1, -0.05) is 23.7 Å². The van der Waals surface area contributed by atoms with Crippen molar-refractivity contribution in [2.75, 3.05) is 11.5 Å². The summed E-state index contributed by atoms with van der Waals surface area (Å²) in [7, 11) is 0. The minimum Gasteiger partial charge on any atom is -0.383 e. The van der Waals surface area contributed by atoms with Crippen LogP contribution >= 0.6 is 11.6 Å². The van der Waals surface area contributed by atoms with Gasteiger partial charge in [0.25, 0.3) is 0 Å². The number of aromatic nitrogens is 4. The molecule has 0 aliphatic heterocycles. The molecule has 0 aliphatic rings. The Morgan fingerprint density at radius 2 is 1.74 bits per heavy atom. The van der Waals surface area contributed by atoms with Gasteiger partial charge in [-0.05, 0) is 24.6 Å². The molecule has 4 rings (SSSR count). The van der Waals surface area contributed by atoms with E-state index in [1.54, 1.807) is 35.8 Å². The second-order valence-corrected chi connectivity index (χ2v) is 6.36. The van der Waals surface area contributed by atoms with Crippen molar-refractivity contribution in [3.05, 3.63) is 58.9 Å². The van der Waals surface area contributed by atoms with E-state index >= 15 is 0 Å². The van der Waals surface area contributed by atoms with E-state index in [1.165, 1.54) is 0 Å². The van der Waals surface area contributed by atoms with Gasteiger partial charge >= 0.3 is 0 Å². The number of benzene rings is 2. The van der Waals surface area contributed by atoms with Gasteiger partial charge in [0.2, 0.25) is 5.95 Å². The molecule has 0 saturated carbocycles. The van der Waals surface area contributed by atoms with E-state index in [0.717, 1.165) is 12.1 Å². The van der Waals surface area contributed by atoms with Gasteiger partial charge in [-0.25, -0.2) is 13.8 Å². The second kappa shape index (κ2) is 6.17. The van der Waals surface area contributed by atoms with Crippen molar-refractivity contribution >= 4 is 34.4 Å². The number of fused-ring (bicyclic) bond motifs is 1. The van der Waals surface area contributed by atoms with E-state index in [-0.39, 0.29) is 17.3 Å². The number of nitrogens with zero attached hydrogens (tertiary/aromatic N) is 4. The first-order chi connectivity index (χ1) is 12.8. The summed E-state index contributed by atoms with van der Waals surface area (Å²) in [6, 6.07) is 9.04. The molecule has 27 heavy (non-hydrogen) atoms. The summed E-state index contributed by atoms with van der Waals surface area (Å²) in [5, 5.41) is 0.495. The quantitative estimate of drug-likeness (QED) is 0.545. The van der Waals surface area contributed by atoms with Crippen LogP contribution < -0.4 is 11.5 Å². The Kier molecular flexibility index (Phi) is 3.92. The second-order valence-electron chi connectivity index (χ2n) is 5.93. The summed E-state index contributed by atoms with van der Waals surface area (Å²) in [6.45, 7) is 1.69. The van der Waals surface area contributed by atoms with Crippen molar-refractivity contribution in [2.45, 2.75) is 6.92 Å². The molecule has 2 aromatic heterocycles. The normalized spacial score (nSPS) is 11.3. The van der Waals surface area contributed by atoms with Gasteiger partial charge in [0.1, 0.15) is 11.6 Å². The molecule has 0 amide bonds. The Bertz CT molecular complexity index is 1200. The molecule has 0 spiro atoms. The molecule has 2 heterocycles. The number of nitrogens with two attached hydrogens (primary N) is 2. The molecule has 0 fully saturated rings. The van der Waals surface area contributed by atoms with Gasteiger partial charge in [0.05, 0.1) is 16.6 Å². The lowest BCUT2D eigenvalue weighted by atomic mass is 10.1. The fourth-order valence-corrected chi connectivity index (χ4v) is 3.22. The maximum atomic E-state index is 13.9. The molecular formula is C18H13ClF2N6. The van der Waals surface area contributed by atoms with Crippen LogP contribution in [-0.2, 0) is 0 Å². The Morgan fingerprint density at radius 1 is 1.00 bits per heavy atom. The van der Waals surface area contributed by atoms with Crippen molar-refractivity contribution < 1.29 is 8.78 Å². The SMILES string of the molecule is Cc1nc2cc(F)c(F)cc2n1-c1nc(N)nc(N)c1-c1cccc(Cl)c1. The molecule has 0 bridgehead atoms. The van der Waals surface area contributed by atoms with E-state index in [2.05, 4.69) is 15.0 Å². The van der Waals surface area contributed by atoms with Crippen molar-refractivity contribution in [2.24, 2.45) is 0 Å². The average Bonchev–Trinajstić information content (AvgIpc) is 2.89. The molecule has 4 aromatic rings. The lowest BCUT2D eigenvalue weighted by Gasteiger charge is -2.15. The predicted molar refractivity (Wildman–Crippen MR) is 101 cm³/mol. The monoisotopic (exact) mass is 386 g/mol. The largest absolute Gasteiger partial charge is 0.383 e. The Labute approximate surface area is 157 Å². The number of hydrogen-bond donors (Lipinski definition) is 2. The lowest BCUT2D eigenvalue weighted by molar-refractivity contribution is 0.510. The van der Waals surface area contributed by atoms with Gasteiger partial charge < -0.3 is 11.5 Å². The van der Waals surface area contributed by atoms with E-state index < -0.39 is 11.6 Å². The average molecular weight is 387 g/mol. The third-order valence-corrected chi connectivity index (χ3v) is 4.36. The zero-order chi connectivity index (χ0) is 19.3. The minimum absolute atomic E-state index is 0.0582. The van der Waals surface area contributed by atoms with E-state index in [9.17, 15) is 8.78 Å². The molecule has 0 saturated heterocycles. The summed E-state index contributed by atoms with van der Waals surface area (Å²) in [5.74, 6) is -1.16. The summed E-state index contributed by atoms with van der Waals surface area (Å²) < 4.78 is 29.0. The maximum Gasteiger partial charge on any atom is 0.224 e. The minimum atomic E-state index is -0.997. The molecule has 0 radical (unpaired) electrons. The van der Waals surface area contributed by atoms with Gasteiger partial charge in [-0.3, -0.25) is 4.57 Å². The first-order valence-electron chi connectivity index (χ1n) is 7.88.